The fourth-order valence-corrected chi connectivity index (χ4v) is 3.77. The summed E-state index contributed by atoms with van der Waals surface area (Å²) in [4.78, 5) is 9.18. The van der Waals surface area contributed by atoms with Gasteiger partial charge in [0, 0.05) is 30.0 Å². The second kappa shape index (κ2) is 8.47. The van der Waals surface area contributed by atoms with Gasteiger partial charge in [-0.3, -0.25) is 0 Å². The molecule has 30 heavy (non-hydrogen) atoms. The van der Waals surface area contributed by atoms with Gasteiger partial charge in [0.25, 0.3) is 0 Å². The summed E-state index contributed by atoms with van der Waals surface area (Å²) < 4.78 is 8.08. The van der Waals surface area contributed by atoms with E-state index in [4.69, 9.17) is 9.72 Å². The molecular formula is C26H23N3O. The van der Waals surface area contributed by atoms with Gasteiger partial charge in [0.05, 0.1) is 18.9 Å². The van der Waals surface area contributed by atoms with Crippen LogP contribution in [-0.2, 0) is 24.3 Å². The highest BCUT2D eigenvalue weighted by Gasteiger charge is 2.06. The summed E-state index contributed by atoms with van der Waals surface area (Å²) in [5.74, 6) is 0.725. The molecule has 1 aliphatic rings. The van der Waals surface area contributed by atoms with E-state index in [0.29, 0.717) is 13.2 Å². The van der Waals surface area contributed by atoms with Gasteiger partial charge < -0.3 is 9.30 Å². The highest BCUT2D eigenvalue weighted by Crippen LogP contribution is 2.24. The topological polar surface area (TPSA) is 39.9 Å². The van der Waals surface area contributed by atoms with Crippen LogP contribution in [0.2, 0.25) is 0 Å². The molecule has 0 fully saturated rings. The number of ether oxygens (including phenoxy) is 1. The van der Waals surface area contributed by atoms with Gasteiger partial charge in [-0.2, -0.15) is 0 Å². The lowest BCUT2D eigenvalue weighted by atomic mass is 10.1. The maximum absolute atomic E-state index is 5.83. The Labute approximate surface area is 176 Å². The molecule has 6 bridgehead atoms. The number of fused-ring (bicyclic) bond motifs is 6. The molecule has 1 aliphatic heterocycles. The van der Waals surface area contributed by atoms with Crippen molar-refractivity contribution < 1.29 is 4.74 Å². The van der Waals surface area contributed by atoms with Crippen LogP contribution in [0.15, 0.2) is 85.2 Å². The van der Waals surface area contributed by atoms with Crippen molar-refractivity contribution in [1.82, 2.24) is 14.5 Å². The average Bonchev–Trinajstić information content (AvgIpc) is 3.18. The minimum absolute atomic E-state index is 0.607. The van der Waals surface area contributed by atoms with E-state index in [9.17, 15) is 0 Å². The van der Waals surface area contributed by atoms with Crippen molar-refractivity contribution in [2.75, 3.05) is 6.61 Å². The van der Waals surface area contributed by atoms with Crippen molar-refractivity contribution in [1.29, 1.82) is 0 Å². The largest absolute Gasteiger partial charge is 0.373 e. The van der Waals surface area contributed by atoms with Gasteiger partial charge >= 0.3 is 0 Å². The molecule has 0 radical (unpaired) electrons. The van der Waals surface area contributed by atoms with Crippen molar-refractivity contribution in [2.45, 2.75) is 19.6 Å². The van der Waals surface area contributed by atoms with E-state index < -0.39 is 0 Å². The molecular weight excluding hydrogens is 370 g/mol. The Hall–Kier alpha value is -3.50. The summed E-state index contributed by atoms with van der Waals surface area (Å²) in [6.45, 7) is 2.03. The Kier molecular flexibility index (Phi) is 5.23. The standard InChI is InChI=1S/C26H23N3O/c1-2-16-30-19-21-7-3-5-20(17-21)6-4-8-26-27-13-11-24(28-26)23-10-9-22-12-15-29(14-1)25(22)18-23/h1-5,7-13,15,17-18H,6,14,16,19H2/b2-1-,8-4+. The molecule has 148 valence electrons. The quantitative estimate of drug-likeness (QED) is 0.374. The number of aromatic nitrogens is 3. The Morgan fingerprint density at radius 1 is 0.900 bits per heavy atom. The van der Waals surface area contributed by atoms with Gasteiger partial charge in [0.2, 0.25) is 0 Å². The van der Waals surface area contributed by atoms with Crippen LogP contribution in [-0.4, -0.2) is 21.1 Å². The minimum Gasteiger partial charge on any atom is -0.373 e. The Morgan fingerprint density at radius 3 is 2.87 bits per heavy atom. The van der Waals surface area contributed by atoms with Gasteiger partial charge in [-0.15, -0.1) is 0 Å². The van der Waals surface area contributed by atoms with Crippen LogP contribution in [0.1, 0.15) is 17.0 Å². The average molecular weight is 393 g/mol. The van der Waals surface area contributed by atoms with Crippen molar-refractivity contribution in [3.05, 3.63) is 102 Å². The van der Waals surface area contributed by atoms with Crippen LogP contribution >= 0.6 is 0 Å². The Bertz CT molecular complexity index is 1240. The van der Waals surface area contributed by atoms with Gasteiger partial charge in [-0.05, 0) is 47.2 Å². The van der Waals surface area contributed by atoms with Crippen LogP contribution in [0.5, 0.6) is 0 Å². The van der Waals surface area contributed by atoms with Crippen LogP contribution in [0.4, 0.5) is 0 Å². The number of benzene rings is 2. The van der Waals surface area contributed by atoms with Gasteiger partial charge in [-0.1, -0.05) is 54.6 Å². The van der Waals surface area contributed by atoms with E-state index in [2.05, 4.69) is 82.5 Å². The maximum Gasteiger partial charge on any atom is 0.152 e. The zero-order valence-electron chi connectivity index (χ0n) is 16.7. The lowest BCUT2D eigenvalue weighted by Crippen LogP contribution is -1.96. The maximum atomic E-state index is 5.83. The molecule has 4 aromatic rings. The van der Waals surface area contributed by atoms with Crippen molar-refractivity contribution in [3.63, 3.8) is 0 Å². The van der Waals surface area contributed by atoms with Crippen molar-refractivity contribution in [2.24, 2.45) is 0 Å². The highest BCUT2D eigenvalue weighted by molar-refractivity contribution is 5.85. The minimum atomic E-state index is 0.607. The molecule has 5 rings (SSSR count). The first-order valence-electron chi connectivity index (χ1n) is 10.2. The number of hydrogen-bond acceptors (Lipinski definition) is 3. The SMILES string of the molecule is C1=C\Cn2ccc3ccc(cc32)-c2ccnc(n2)/C=C/Cc2cccc(c2)COC/1. The van der Waals surface area contributed by atoms with E-state index in [1.54, 1.807) is 0 Å². The van der Waals surface area contributed by atoms with Crippen LogP contribution in [0.3, 0.4) is 0 Å². The van der Waals surface area contributed by atoms with Gasteiger partial charge in [0.15, 0.2) is 5.82 Å². The molecule has 0 atom stereocenters. The molecule has 2 aromatic heterocycles. The number of allylic oxidation sites excluding steroid dienone is 2. The number of rotatable bonds is 0. The molecule has 4 nitrogen and oxygen atoms in total. The zero-order valence-corrected chi connectivity index (χ0v) is 16.7. The fourth-order valence-electron chi connectivity index (χ4n) is 3.77. The van der Waals surface area contributed by atoms with Crippen LogP contribution in [0, 0.1) is 0 Å². The van der Waals surface area contributed by atoms with Gasteiger partial charge in [-0.25, -0.2) is 9.97 Å². The third kappa shape index (κ3) is 4.09. The lowest BCUT2D eigenvalue weighted by molar-refractivity contribution is 0.148. The van der Waals surface area contributed by atoms with E-state index >= 15 is 0 Å². The molecule has 2 aromatic carbocycles. The van der Waals surface area contributed by atoms with E-state index in [1.165, 1.54) is 22.0 Å². The third-order valence-electron chi connectivity index (χ3n) is 5.31. The Balaban J connectivity index is 1.53. The molecule has 4 heteroatoms. The Morgan fingerprint density at radius 2 is 1.87 bits per heavy atom. The first-order valence-corrected chi connectivity index (χ1v) is 10.2. The summed E-state index contributed by atoms with van der Waals surface area (Å²) in [6, 6.07) is 19.1. The zero-order chi connectivity index (χ0) is 20.2. The summed E-state index contributed by atoms with van der Waals surface area (Å²) in [5, 5.41) is 1.22. The van der Waals surface area contributed by atoms with Crippen molar-refractivity contribution >= 4 is 17.0 Å². The molecule has 0 amide bonds. The second-order valence-corrected chi connectivity index (χ2v) is 7.45. The van der Waals surface area contributed by atoms with E-state index in [-0.39, 0.29) is 0 Å². The highest BCUT2D eigenvalue weighted by atomic mass is 16.5. The molecule has 0 N–H and O–H groups in total. The first kappa shape index (κ1) is 18.5. The first-order chi connectivity index (χ1) is 14.8. The smallest absolute Gasteiger partial charge is 0.152 e. The summed E-state index contributed by atoms with van der Waals surface area (Å²) in [7, 11) is 0. The third-order valence-corrected chi connectivity index (χ3v) is 5.31. The van der Waals surface area contributed by atoms with E-state index in [1.807, 2.05) is 18.3 Å². The monoisotopic (exact) mass is 393 g/mol. The van der Waals surface area contributed by atoms with Crippen LogP contribution < -0.4 is 0 Å². The normalized spacial score (nSPS) is 16.5. The second-order valence-electron chi connectivity index (χ2n) is 7.45. The predicted molar refractivity (Wildman–Crippen MR) is 121 cm³/mol. The summed E-state index contributed by atoms with van der Waals surface area (Å²) in [5.41, 5.74) is 5.67. The molecule has 0 saturated heterocycles. The predicted octanol–water partition coefficient (Wildman–Crippen LogP) is 5.44. The van der Waals surface area contributed by atoms with E-state index in [0.717, 1.165) is 30.0 Å². The molecule has 3 heterocycles. The summed E-state index contributed by atoms with van der Waals surface area (Å²) >= 11 is 0. The van der Waals surface area contributed by atoms with Gasteiger partial charge in [0.1, 0.15) is 0 Å². The number of hydrogen-bond donors (Lipinski definition) is 0. The van der Waals surface area contributed by atoms with Crippen LogP contribution in [0.25, 0.3) is 28.2 Å². The number of nitrogens with zero attached hydrogens (tertiary/aromatic N) is 3. The molecule has 0 aliphatic carbocycles. The molecule has 0 saturated carbocycles. The lowest BCUT2D eigenvalue weighted by Gasteiger charge is -2.06. The molecule has 0 unspecified atom stereocenters. The molecule has 0 spiro atoms. The summed E-state index contributed by atoms with van der Waals surface area (Å²) in [6.07, 6.45) is 13.1. The van der Waals surface area contributed by atoms with Crippen molar-refractivity contribution in [3.8, 4) is 11.3 Å². The fraction of sp³-hybridized carbons (Fsp3) is 0.154.